The summed E-state index contributed by atoms with van der Waals surface area (Å²) in [6.07, 6.45) is 10.3. The molecule has 0 aromatic heterocycles. The molecule has 2 nitrogen and oxygen atoms in total. The van der Waals surface area contributed by atoms with Crippen LogP contribution in [0.4, 0.5) is 0 Å². The van der Waals surface area contributed by atoms with Gasteiger partial charge in [0.25, 0.3) is 0 Å². The SMILES string of the molecule is CCCCC=CCCC(CC)C(=O)O. The zero-order chi connectivity index (χ0) is 10.8. The van der Waals surface area contributed by atoms with E-state index >= 15 is 0 Å². The van der Waals surface area contributed by atoms with E-state index in [1.54, 1.807) is 0 Å². The van der Waals surface area contributed by atoms with E-state index in [1.165, 1.54) is 12.8 Å². The summed E-state index contributed by atoms with van der Waals surface area (Å²) >= 11 is 0. The number of hydrogen-bond donors (Lipinski definition) is 1. The maximum absolute atomic E-state index is 10.7. The van der Waals surface area contributed by atoms with Crippen LogP contribution in [0, 0.1) is 5.92 Å². The summed E-state index contributed by atoms with van der Waals surface area (Å²) in [6.45, 7) is 4.10. The highest BCUT2D eigenvalue weighted by Gasteiger charge is 2.12. The Kier molecular flexibility index (Phi) is 8.30. The number of carbonyl (C=O) groups is 1. The van der Waals surface area contributed by atoms with Gasteiger partial charge >= 0.3 is 5.97 Å². The fourth-order valence-corrected chi connectivity index (χ4v) is 1.36. The Balaban J connectivity index is 3.50. The molecule has 14 heavy (non-hydrogen) atoms. The van der Waals surface area contributed by atoms with Crippen LogP contribution in [0.1, 0.15) is 52.4 Å². The van der Waals surface area contributed by atoms with Gasteiger partial charge in [-0.05, 0) is 25.7 Å². The van der Waals surface area contributed by atoms with Crippen molar-refractivity contribution < 1.29 is 9.90 Å². The molecule has 0 aliphatic rings. The van der Waals surface area contributed by atoms with E-state index in [2.05, 4.69) is 19.1 Å². The smallest absolute Gasteiger partial charge is 0.306 e. The number of carboxylic acid groups (broad SMARTS) is 1. The molecule has 0 aliphatic carbocycles. The molecule has 0 aromatic rings. The Morgan fingerprint density at radius 3 is 2.43 bits per heavy atom. The van der Waals surface area contributed by atoms with E-state index in [1.807, 2.05) is 6.92 Å². The first-order valence-corrected chi connectivity index (χ1v) is 5.60. The van der Waals surface area contributed by atoms with Gasteiger partial charge in [0, 0.05) is 0 Å². The molecule has 1 N–H and O–H groups in total. The Bertz CT molecular complexity index is 173. The third-order valence-electron chi connectivity index (χ3n) is 2.41. The highest BCUT2D eigenvalue weighted by atomic mass is 16.4. The lowest BCUT2D eigenvalue weighted by atomic mass is 10.0. The number of allylic oxidation sites excluding steroid dienone is 2. The van der Waals surface area contributed by atoms with Crippen molar-refractivity contribution in [3.8, 4) is 0 Å². The van der Waals surface area contributed by atoms with Gasteiger partial charge in [0.1, 0.15) is 0 Å². The second kappa shape index (κ2) is 8.79. The molecule has 1 atom stereocenters. The summed E-state index contributed by atoms with van der Waals surface area (Å²) in [6, 6.07) is 0. The standard InChI is InChI=1S/C12H22O2/c1-3-5-6-7-8-9-10-11(4-2)12(13)14/h7-8,11H,3-6,9-10H2,1-2H3,(H,13,14). The largest absolute Gasteiger partial charge is 0.481 e. The van der Waals surface area contributed by atoms with Gasteiger partial charge in [0.15, 0.2) is 0 Å². The molecular weight excluding hydrogens is 176 g/mol. The van der Waals surface area contributed by atoms with Gasteiger partial charge in [-0.25, -0.2) is 0 Å². The van der Waals surface area contributed by atoms with Gasteiger partial charge in [-0.2, -0.15) is 0 Å². The first-order valence-electron chi connectivity index (χ1n) is 5.60. The average Bonchev–Trinajstić information content (AvgIpc) is 2.16. The predicted molar refractivity (Wildman–Crippen MR) is 59.3 cm³/mol. The van der Waals surface area contributed by atoms with E-state index < -0.39 is 5.97 Å². The molecule has 0 aliphatic heterocycles. The normalized spacial score (nSPS) is 13.3. The molecule has 0 aromatic carbocycles. The van der Waals surface area contributed by atoms with Crippen LogP contribution in [0.3, 0.4) is 0 Å². The van der Waals surface area contributed by atoms with Crippen molar-refractivity contribution in [2.24, 2.45) is 5.92 Å². The van der Waals surface area contributed by atoms with Crippen LogP contribution in [0.25, 0.3) is 0 Å². The van der Waals surface area contributed by atoms with Crippen LogP contribution in [-0.2, 0) is 4.79 Å². The second-order valence-electron chi connectivity index (χ2n) is 3.63. The molecule has 0 rings (SSSR count). The molecule has 0 spiro atoms. The van der Waals surface area contributed by atoms with Crippen molar-refractivity contribution in [1.29, 1.82) is 0 Å². The van der Waals surface area contributed by atoms with Crippen molar-refractivity contribution >= 4 is 5.97 Å². The van der Waals surface area contributed by atoms with Crippen LogP contribution in [0.15, 0.2) is 12.2 Å². The molecule has 0 bridgehead atoms. The summed E-state index contributed by atoms with van der Waals surface area (Å²) in [7, 11) is 0. The molecular formula is C12H22O2. The molecule has 0 saturated heterocycles. The minimum Gasteiger partial charge on any atom is -0.481 e. The van der Waals surface area contributed by atoms with E-state index in [0.29, 0.717) is 0 Å². The molecule has 0 radical (unpaired) electrons. The maximum atomic E-state index is 10.7. The van der Waals surface area contributed by atoms with Crippen LogP contribution in [-0.4, -0.2) is 11.1 Å². The van der Waals surface area contributed by atoms with E-state index in [0.717, 1.165) is 25.7 Å². The van der Waals surface area contributed by atoms with Crippen LogP contribution in [0.2, 0.25) is 0 Å². The third kappa shape index (κ3) is 6.70. The number of carboxylic acids is 1. The van der Waals surface area contributed by atoms with E-state index in [4.69, 9.17) is 5.11 Å². The quantitative estimate of drug-likeness (QED) is 0.477. The Hall–Kier alpha value is -0.790. The van der Waals surface area contributed by atoms with Gasteiger partial charge in [0.05, 0.1) is 5.92 Å². The number of hydrogen-bond acceptors (Lipinski definition) is 1. The molecule has 1 unspecified atom stereocenters. The van der Waals surface area contributed by atoms with E-state index in [9.17, 15) is 4.79 Å². The number of unbranched alkanes of at least 4 members (excludes halogenated alkanes) is 2. The molecule has 0 saturated carbocycles. The topological polar surface area (TPSA) is 37.3 Å². The van der Waals surface area contributed by atoms with Gasteiger partial charge in [-0.15, -0.1) is 0 Å². The third-order valence-corrected chi connectivity index (χ3v) is 2.41. The van der Waals surface area contributed by atoms with Crippen molar-refractivity contribution in [3.63, 3.8) is 0 Å². The number of aliphatic carboxylic acids is 1. The summed E-state index contributed by atoms with van der Waals surface area (Å²) < 4.78 is 0. The minimum atomic E-state index is -0.658. The fourth-order valence-electron chi connectivity index (χ4n) is 1.36. The lowest BCUT2D eigenvalue weighted by Gasteiger charge is -2.06. The van der Waals surface area contributed by atoms with Gasteiger partial charge in [0.2, 0.25) is 0 Å². The summed E-state index contributed by atoms with van der Waals surface area (Å²) in [5.41, 5.74) is 0. The molecule has 0 fully saturated rings. The monoisotopic (exact) mass is 198 g/mol. The zero-order valence-electron chi connectivity index (χ0n) is 9.33. The Labute approximate surface area is 87.0 Å². The highest BCUT2D eigenvalue weighted by molar-refractivity contribution is 5.69. The predicted octanol–water partition coefficient (Wildman–Crippen LogP) is 3.62. The minimum absolute atomic E-state index is 0.161. The molecule has 0 heterocycles. The zero-order valence-corrected chi connectivity index (χ0v) is 9.33. The second-order valence-corrected chi connectivity index (χ2v) is 3.63. The van der Waals surface area contributed by atoms with Gasteiger partial charge < -0.3 is 5.11 Å². The molecule has 2 heteroatoms. The number of rotatable bonds is 8. The van der Waals surface area contributed by atoms with Crippen LogP contribution in [0.5, 0.6) is 0 Å². The maximum Gasteiger partial charge on any atom is 0.306 e. The summed E-state index contributed by atoms with van der Waals surface area (Å²) in [4.78, 5) is 10.7. The van der Waals surface area contributed by atoms with Crippen LogP contribution < -0.4 is 0 Å². The van der Waals surface area contributed by atoms with Crippen molar-refractivity contribution in [1.82, 2.24) is 0 Å². The lowest BCUT2D eigenvalue weighted by molar-refractivity contribution is -0.142. The average molecular weight is 198 g/mol. The Morgan fingerprint density at radius 2 is 1.93 bits per heavy atom. The Morgan fingerprint density at radius 1 is 1.29 bits per heavy atom. The van der Waals surface area contributed by atoms with Crippen molar-refractivity contribution in [2.75, 3.05) is 0 Å². The fraction of sp³-hybridized carbons (Fsp3) is 0.750. The summed E-state index contributed by atoms with van der Waals surface area (Å²) in [5.74, 6) is -0.819. The first-order chi connectivity index (χ1) is 6.72. The van der Waals surface area contributed by atoms with Gasteiger partial charge in [-0.1, -0.05) is 38.8 Å². The molecule has 82 valence electrons. The first kappa shape index (κ1) is 13.2. The molecule has 0 amide bonds. The van der Waals surface area contributed by atoms with E-state index in [-0.39, 0.29) is 5.92 Å². The van der Waals surface area contributed by atoms with Crippen molar-refractivity contribution in [2.45, 2.75) is 52.4 Å². The lowest BCUT2D eigenvalue weighted by Crippen LogP contribution is -2.11. The van der Waals surface area contributed by atoms with Crippen molar-refractivity contribution in [3.05, 3.63) is 12.2 Å². The van der Waals surface area contributed by atoms with Crippen LogP contribution >= 0.6 is 0 Å². The van der Waals surface area contributed by atoms with Gasteiger partial charge in [-0.3, -0.25) is 4.79 Å². The summed E-state index contributed by atoms with van der Waals surface area (Å²) in [5, 5.41) is 8.79. The highest BCUT2D eigenvalue weighted by Crippen LogP contribution is 2.11.